The van der Waals surface area contributed by atoms with Gasteiger partial charge in [0, 0.05) is 75.0 Å². The lowest BCUT2D eigenvalue weighted by Gasteiger charge is -2.45. The molecule has 1 aromatic heterocycles. The number of fused-ring (bicyclic) bond motifs is 2. The van der Waals surface area contributed by atoms with Crippen molar-refractivity contribution in [2.75, 3.05) is 67.1 Å². The maximum atomic E-state index is 12.6. The molecule has 0 saturated carbocycles. The van der Waals surface area contributed by atoms with Gasteiger partial charge < -0.3 is 19.6 Å². The molecule has 218 valence electrons. The van der Waals surface area contributed by atoms with Crippen molar-refractivity contribution >= 4 is 33.9 Å². The van der Waals surface area contributed by atoms with Crippen LogP contribution < -0.4 is 14.7 Å². The Labute approximate surface area is 252 Å². The molecule has 3 saturated heterocycles. The number of aryl methyl sites for hydroxylation is 1. The molecule has 4 aliphatic rings. The summed E-state index contributed by atoms with van der Waals surface area (Å²) in [5, 5.41) is 22.7. The Morgan fingerprint density at radius 1 is 1.02 bits per heavy atom. The minimum absolute atomic E-state index is 0.152. The van der Waals surface area contributed by atoms with Crippen LogP contribution in [0, 0.1) is 29.6 Å². The molecule has 1 unspecified atom stereocenters. The van der Waals surface area contributed by atoms with E-state index in [2.05, 4.69) is 81.6 Å². The zero-order valence-electron chi connectivity index (χ0n) is 24.7. The first-order valence-electron chi connectivity index (χ1n) is 15.2. The molecule has 1 amide bonds. The van der Waals surface area contributed by atoms with Gasteiger partial charge in [0.05, 0.1) is 36.5 Å². The Morgan fingerprint density at radius 2 is 1.81 bits per heavy atom. The molecule has 0 spiro atoms. The molecule has 0 radical (unpaired) electrons. The van der Waals surface area contributed by atoms with Crippen LogP contribution in [-0.4, -0.2) is 85.1 Å². The van der Waals surface area contributed by atoms with Crippen molar-refractivity contribution in [2.24, 2.45) is 0 Å². The highest BCUT2D eigenvalue weighted by Gasteiger charge is 2.41. The van der Waals surface area contributed by atoms with E-state index in [1.165, 1.54) is 28.1 Å². The molecular weight excluding hydrogens is 536 g/mol. The molecule has 3 fully saturated rings. The van der Waals surface area contributed by atoms with Gasteiger partial charge in [0.2, 0.25) is 5.91 Å². The minimum Gasteiger partial charge on any atom is -0.366 e. The van der Waals surface area contributed by atoms with E-state index in [4.69, 9.17) is 4.98 Å². The Kier molecular flexibility index (Phi) is 6.91. The van der Waals surface area contributed by atoms with Gasteiger partial charge in [-0.1, -0.05) is 36.9 Å². The average Bonchev–Trinajstić information content (AvgIpc) is 3.84. The van der Waals surface area contributed by atoms with Crippen molar-refractivity contribution < 1.29 is 4.79 Å². The van der Waals surface area contributed by atoms with Crippen LogP contribution >= 0.6 is 0 Å². The number of piperazine rings is 1. The van der Waals surface area contributed by atoms with Crippen LogP contribution in [0.1, 0.15) is 28.8 Å². The lowest BCUT2D eigenvalue weighted by molar-refractivity contribution is -0.128. The third kappa shape index (κ3) is 4.74. The van der Waals surface area contributed by atoms with E-state index in [1.807, 2.05) is 0 Å². The van der Waals surface area contributed by atoms with Gasteiger partial charge in [-0.3, -0.25) is 9.69 Å². The second-order valence-electron chi connectivity index (χ2n) is 12.1. The summed E-state index contributed by atoms with van der Waals surface area (Å²) in [7, 11) is 0. The van der Waals surface area contributed by atoms with E-state index in [1.54, 1.807) is 4.90 Å². The number of hydrogen-bond donors (Lipinski definition) is 0. The minimum atomic E-state index is -0.266. The fourth-order valence-electron chi connectivity index (χ4n) is 7.23. The number of carbonyl (C=O) groups excluding carboxylic acids is 1. The van der Waals surface area contributed by atoms with E-state index in [-0.39, 0.29) is 18.4 Å². The summed E-state index contributed by atoms with van der Waals surface area (Å²) in [6.45, 7) is 13.0. The first kappa shape index (κ1) is 27.2. The maximum absolute atomic E-state index is 12.6. The lowest BCUT2D eigenvalue weighted by atomic mass is 9.94. The SMILES string of the molecule is C=CC(=O)N1CCN(c2c(C#N)c(N3CC(N4CC4)C3)nc3c2CCN(c2cccc4cccc(C)c24)C3)CC1CC#N. The molecule has 2 aromatic carbocycles. The largest absolute Gasteiger partial charge is 0.366 e. The molecule has 0 bridgehead atoms. The van der Waals surface area contributed by atoms with Crippen LogP contribution in [0.4, 0.5) is 17.2 Å². The number of nitrogens with zero attached hydrogens (tertiary/aromatic N) is 8. The van der Waals surface area contributed by atoms with E-state index in [0.717, 1.165) is 61.9 Å². The van der Waals surface area contributed by atoms with Gasteiger partial charge in [-0.25, -0.2) is 4.98 Å². The van der Waals surface area contributed by atoms with Crippen LogP contribution in [0.3, 0.4) is 0 Å². The number of rotatable bonds is 6. The van der Waals surface area contributed by atoms with E-state index >= 15 is 0 Å². The van der Waals surface area contributed by atoms with Crippen molar-refractivity contribution in [3.05, 3.63) is 71.4 Å². The fraction of sp³-hybridized carbons (Fsp3) is 0.412. The lowest BCUT2D eigenvalue weighted by Crippen LogP contribution is -2.56. The second-order valence-corrected chi connectivity index (χ2v) is 12.1. The molecule has 43 heavy (non-hydrogen) atoms. The summed E-state index contributed by atoms with van der Waals surface area (Å²) in [5.41, 5.74) is 6.17. The Hall–Kier alpha value is -4.60. The topological polar surface area (TPSA) is 93.5 Å². The van der Waals surface area contributed by atoms with Crippen molar-refractivity contribution in [2.45, 2.75) is 38.4 Å². The zero-order chi connectivity index (χ0) is 29.7. The van der Waals surface area contributed by atoms with E-state index < -0.39 is 0 Å². The van der Waals surface area contributed by atoms with Crippen LogP contribution in [0.5, 0.6) is 0 Å². The molecule has 5 heterocycles. The molecular formula is C34H36N8O. The molecule has 4 aliphatic heterocycles. The van der Waals surface area contributed by atoms with Gasteiger partial charge in [-0.05, 0) is 36.4 Å². The highest BCUT2D eigenvalue weighted by molar-refractivity contribution is 5.97. The molecule has 0 N–H and O–H groups in total. The summed E-state index contributed by atoms with van der Waals surface area (Å²) in [6.07, 6.45) is 2.32. The monoisotopic (exact) mass is 572 g/mol. The van der Waals surface area contributed by atoms with Gasteiger partial charge in [-0.2, -0.15) is 10.5 Å². The Bertz CT molecular complexity index is 1690. The summed E-state index contributed by atoms with van der Waals surface area (Å²) >= 11 is 0. The molecule has 0 aliphatic carbocycles. The summed E-state index contributed by atoms with van der Waals surface area (Å²) < 4.78 is 0. The van der Waals surface area contributed by atoms with Crippen molar-refractivity contribution in [3.63, 3.8) is 0 Å². The van der Waals surface area contributed by atoms with E-state index in [9.17, 15) is 15.3 Å². The number of pyridine rings is 1. The van der Waals surface area contributed by atoms with Crippen molar-refractivity contribution in [1.29, 1.82) is 10.5 Å². The third-order valence-electron chi connectivity index (χ3n) is 9.59. The van der Waals surface area contributed by atoms with Gasteiger partial charge in [-0.15, -0.1) is 0 Å². The summed E-state index contributed by atoms with van der Waals surface area (Å²) in [5.74, 6) is 0.618. The zero-order valence-corrected chi connectivity index (χ0v) is 24.7. The number of amides is 1. The first-order valence-corrected chi connectivity index (χ1v) is 15.2. The first-order chi connectivity index (χ1) is 21.0. The predicted octanol–water partition coefficient (Wildman–Crippen LogP) is 3.60. The molecule has 1 atom stereocenters. The number of nitriles is 2. The maximum Gasteiger partial charge on any atom is 0.246 e. The number of aromatic nitrogens is 1. The molecule has 3 aromatic rings. The molecule has 9 heteroatoms. The van der Waals surface area contributed by atoms with Gasteiger partial charge in [0.25, 0.3) is 0 Å². The number of benzene rings is 2. The molecule has 7 rings (SSSR count). The Morgan fingerprint density at radius 3 is 2.53 bits per heavy atom. The number of carbonyl (C=O) groups is 1. The van der Waals surface area contributed by atoms with Crippen molar-refractivity contribution in [1.82, 2.24) is 14.8 Å². The van der Waals surface area contributed by atoms with Crippen LogP contribution in [0.25, 0.3) is 10.8 Å². The van der Waals surface area contributed by atoms with Crippen molar-refractivity contribution in [3.8, 4) is 12.1 Å². The predicted molar refractivity (Wildman–Crippen MR) is 168 cm³/mol. The van der Waals surface area contributed by atoms with Crippen LogP contribution in [0.2, 0.25) is 0 Å². The van der Waals surface area contributed by atoms with Crippen LogP contribution in [-0.2, 0) is 17.8 Å². The quantitative estimate of drug-likeness (QED) is 0.327. The highest BCUT2D eigenvalue weighted by Crippen LogP contribution is 2.41. The highest BCUT2D eigenvalue weighted by atomic mass is 16.2. The van der Waals surface area contributed by atoms with Gasteiger partial charge in [0.15, 0.2) is 0 Å². The molecule has 9 nitrogen and oxygen atoms in total. The summed E-state index contributed by atoms with van der Waals surface area (Å²) in [4.78, 5) is 29.0. The van der Waals surface area contributed by atoms with E-state index in [0.29, 0.717) is 37.8 Å². The van der Waals surface area contributed by atoms with Gasteiger partial charge in [0.1, 0.15) is 17.5 Å². The Balaban J connectivity index is 1.29. The standard InChI is InChI=1S/C34H36N8O/c1-3-31(43)42-17-16-40(19-25(42)10-12-35)33-27-11-13-39(30-9-5-8-24-7-4-6-23(2)32(24)30)22-29(27)37-34(28(33)18-36)41-20-26(21-41)38-14-15-38/h3-9,25-26H,1,10-11,13-17,19-22H2,2H3. The number of hydrogen-bond acceptors (Lipinski definition) is 8. The van der Waals surface area contributed by atoms with Gasteiger partial charge >= 0.3 is 0 Å². The summed E-state index contributed by atoms with van der Waals surface area (Å²) in [6, 6.07) is 18.0. The fourth-order valence-corrected chi connectivity index (χ4v) is 7.23. The smallest absolute Gasteiger partial charge is 0.246 e. The second kappa shape index (κ2) is 10.9. The number of anilines is 3. The van der Waals surface area contributed by atoms with Crippen LogP contribution in [0.15, 0.2) is 49.1 Å². The average molecular weight is 573 g/mol. The third-order valence-corrected chi connectivity index (χ3v) is 9.59. The normalized spacial score (nSPS) is 20.3.